The quantitative estimate of drug-likeness (QED) is 0.865. The molecule has 0 bridgehead atoms. The van der Waals surface area contributed by atoms with Gasteiger partial charge < -0.3 is 15.0 Å². The summed E-state index contributed by atoms with van der Waals surface area (Å²) in [6.07, 6.45) is 4.67. The van der Waals surface area contributed by atoms with E-state index in [0.717, 1.165) is 43.9 Å². The first-order valence-electron chi connectivity index (χ1n) is 7.59. The van der Waals surface area contributed by atoms with Gasteiger partial charge in [-0.25, -0.2) is 0 Å². The van der Waals surface area contributed by atoms with Gasteiger partial charge in [-0.3, -0.25) is 4.79 Å². The maximum Gasteiger partial charge on any atom is 0.246 e. The van der Waals surface area contributed by atoms with Crippen molar-refractivity contribution >= 4 is 12.0 Å². The molecule has 1 amide bonds. The first-order valence-corrected chi connectivity index (χ1v) is 7.59. The van der Waals surface area contributed by atoms with Crippen LogP contribution < -0.4 is 10.1 Å². The lowest BCUT2D eigenvalue weighted by molar-refractivity contribution is -0.125. The molecule has 0 aromatic heterocycles. The van der Waals surface area contributed by atoms with Gasteiger partial charge in [0.2, 0.25) is 5.91 Å². The summed E-state index contributed by atoms with van der Waals surface area (Å²) >= 11 is 0. The van der Waals surface area contributed by atoms with Crippen LogP contribution in [0.2, 0.25) is 0 Å². The molecule has 1 aromatic carbocycles. The molecule has 1 aliphatic rings. The number of hydrogen-bond donors (Lipinski definition) is 1. The molecule has 0 aliphatic carbocycles. The largest absolute Gasteiger partial charge is 0.491 e. The Morgan fingerprint density at radius 1 is 1.33 bits per heavy atom. The number of amides is 1. The summed E-state index contributed by atoms with van der Waals surface area (Å²) < 4.78 is 5.66. The molecule has 1 aliphatic heterocycles. The van der Waals surface area contributed by atoms with Gasteiger partial charge in [-0.2, -0.15) is 0 Å². The molecular formula is C17H24N2O2. The molecule has 0 spiro atoms. The van der Waals surface area contributed by atoms with E-state index in [9.17, 15) is 4.79 Å². The van der Waals surface area contributed by atoms with Crippen LogP contribution in [0.25, 0.3) is 6.08 Å². The van der Waals surface area contributed by atoms with Gasteiger partial charge >= 0.3 is 0 Å². The predicted octanol–water partition coefficient (Wildman–Crippen LogP) is 2.31. The number of hydrogen-bond acceptors (Lipinski definition) is 3. The molecular weight excluding hydrogens is 264 g/mol. The lowest BCUT2D eigenvalue weighted by Gasteiger charge is -2.17. The average Bonchev–Trinajstić information content (AvgIpc) is 2.73. The number of rotatable bonds is 4. The Labute approximate surface area is 126 Å². The third-order valence-electron chi connectivity index (χ3n) is 3.30. The fourth-order valence-electron chi connectivity index (χ4n) is 2.30. The number of nitrogens with zero attached hydrogens (tertiary/aromatic N) is 1. The maximum absolute atomic E-state index is 12.2. The summed E-state index contributed by atoms with van der Waals surface area (Å²) in [7, 11) is 0. The van der Waals surface area contributed by atoms with E-state index in [4.69, 9.17) is 4.74 Å². The van der Waals surface area contributed by atoms with Gasteiger partial charge in [-0.05, 0) is 50.6 Å². The average molecular weight is 288 g/mol. The van der Waals surface area contributed by atoms with Crippen molar-refractivity contribution in [1.82, 2.24) is 10.2 Å². The van der Waals surface area contributed by atoms with Crippen molar-refractivity contribution in [2.45, 2.75) is 26.4 Å². The van der Waals surface area contributed by atoms with Gasteiger partial charge in [0.25, 0.3) is 0 Å². The highest BCUT2D eigenvalue weighted by molar-refractivity contribution is 5.91. The van der Waals surface area contributed by atoms with E-state index in [1.54, 1.807) is 6.08 Å². The predicted molar refractivity (Wildman–Crippen MR) is 85.3 cm³/mol. The Balaban J connectivity index is 1.97. The summed E-state index contributed by atoms with van der Waals surface area (Å²) in [4.78, 5) is 14.1. The zero-order valence-electron chi connectivity index (χ0n) is 12.8. The Morgan fingerprint density at radius 2 is 2.19 bits per heavy atom. The standard InChI is InChI=1S/C17H24N2O2/c1-14(2)21-16-6-3-5-15(13-16)7-8-17(20)19-11-4-9-18-10-12-19/h3,5-8,13-14,18H,4,9-12H2,1-2H3/b8-7+. The molecule has 1 N–H and O–H groups in total. The summed E-state index contributed by atoms with van der Waals surface area (Å²) in [5, 5.41) is 3.30. The monoisotopic (exact) mass is 288 g/mol. The van der Waals surface area contributed by atoms with E-state index in [2.05, 4.69) is 5.32 Å². The zero-order valence-corrected chi connectivity index (χ0v) is 12.8. The van der Waals surface area contributed by atoms with Gasteiger partial charge in [0.1, 0.15) is 5.75 Å². The second-order valence-corrected chi connectivity index (χ2v) is 5.50. The van der Waals surface area contributed by atoms with Crippen LogP contribution in [0.15, 0.2) is 30.3 Å². The minimum Gasteiger partial charge on any atom is -0.491 e. The Hall–Kier alpha value is -1.81. The van der Waals surface area contributed by atoms with Crippen LogP contribution >= 0.6 is 0 Å². The normalized spacial score (nSPS) is 16.2. The molecule has 4 heteroatoms. The highest BCUT2D eigenvalue weighted by Crippen LogP contribution is 2.16. The summed E-state index contributed by atoms with van der Waals surface area (Å²) in [6, 6.07) is 7.80. The van der Waals surface area contributed by atoms with Crippen LogP contribution in [-0.4, -0.2) is 43.1 Å². The Bertz CT molecular complexity index is 489. The van der Waals surface area contributed by atoms with Gasteiger partial charge in [0.15, 0.2) is 0 Å². The van der Waals surface area contributed by atoms with Crippen molar-refractivity contribution in [1.29, 1.82) is 0 Å². The summed E-state index contributed by atoms with van der Waals surface area (Å²) in [6.45, 7) is 7.46. The highest BCUT2D eigenvalue weighted by Gasteiger charge is 2.12. The van der Waals surface area contributed by atoms with Crippen LogP contribution in [0.5, 0.6) is 5.75 Å². The Kier molecular flexibility index (Phi) is 5.81. The molecule has 1 aromatic rings. The fourth-order valence-corrected chi connectivity index (χ4v) is 2.30. The van der Waals surface area contributed by atoms with Gasteiger partial charge in [-0.15, -0.1) is 0 Å². The molecule has 4 nitrogen and oxygen atoms in total. The van der Waals surface area contributed by atoms with Crippen LogP contribution in [0, 0.1) is 0 Å². The second-order valence-electron chi connectivity index (χ2n) is 5.50. The molecule has 0 radical (unpaired) electrons. The molecule has 0 unspecified atom stereocenters. The van der Waals surface area contributed by atoms with Crippen molar-refractivity contribution < 1.29 is 9.53 Å². The SMILES string of the molecule is CC(C)Oc1cccc(/C=C/C(=O)N2CCCNCC2)c1. The number of benzene rings is 1. The van der Waals surface area contributed by atoms with E-state index < -0.39 is 0 Å². The first-order chi connectivity index (χ1) is 10.1. The molecule has 114 valence electrons. The minimum absolute atomic E-state index is 0.0777. The van der Waals surface area contributed by atoms with Gasteiger partial charge in [0.05, 0.1) is 6.10 Å². The van der Waals surface area contributed by atoms with Crippen molar-refractivity contribution in [3.63, 3.8) is 0 Å². The van der Waals surface area contributed by atoms with E-state index in [0.29, 0.717) is 0 Å². The third-order valence-corrected chi connectivity index (χ3v) is 3.30. The van der Waals surface area contributed by atoms with Gasteiger partial charge in [0, 0.05) is 25.7 Å². The van der Waals surface area contributed by atoms with E-state index in [1.807, 2.05) is 49.1 Å². The molecule has 21 heavy (non-hydrogen) atoms. The fraction of sp³-hybridized carbons (Fsp3) is 0.471. The molecule has 1 heterocycles. The van der Waals surface area contributed by atoms with Crippen molar-refractivity contribution in [3.05, 3.63) is 35.9 Å². The molecule has 0 saturated carbocycles. The topological polar surface area (TPSA) is 41.6 Å². The van der Waals surface area contributed by atoms with Crippen LogP contribution in [0.1, 0.15) is 25.8 Å². The lowest BCUT2D eigenvalue weighted by Crippen LogP contribution is -2.32. The van der Waals surface area contributed by atoms with Crippen molar-refractivity contribution in [3.8, 4) is 5.75 Å². The molecule has 1 saturated heterocycles. The number of carbonyl (C=O) groups is 1. The third kappa shape index (κ3) is 5.23. The van der Waals surface area contributed by atoms with Crippen molar-refractivity contribution in [2.24, 2.45) is 0 Å². The van der Waals surface area contributed by atoms with Crippen LogP contribution in [0.4, 0.5) is 0 Å². The smallest absolute Gasteiger partial charge is 0.246 e. The first kappa shape index (κ1) is 15.6. The maximum atomic E-state index is 12.2. The van der Waals surface area contributed by atoms with E-state index in [1.165, 1.54) is 0 Å². The summed E-state index contributed by atoms with van der Waals surface area (Å²) in [5.41, 5.74) is 0.981. The number of carbonyl (C=O) groups excluding carboxylic acids is 1. The highest BCUT2D eigenvalue weighted by atomic mass is 16.5. The van der Waals surface area contributed by atoms with Gasteiger partial charge in [-0.1, -0.05) is 12.1 Å². The van der Waals surface area contributed by atoms with Crippen molar-refractivity contribution in [2.75, 3.05) is 26.2 Å². The van der Waals surface area contributed by atoms with Crippen LogP contribution in [0.3, 0.4) is 0 Å². The number of ether oxygens (including phenoxy) is 1. The zero-order chi connectivity index (χ0) is 15.1. The Morgan fingerprint density at radius 3 is 3.00 bits per heavy atom. The molecule has 1 fully saturated rings. The molecule has 0 atom stereocenters. The number of nitrogens with one attached hydrogen (secondary N) is 1. The minimum atomic E-state index is 0.0777. The van der Waals surface area contributed by atoms with Crippen LogP contribution in [-0.2, 0) is 4.79 Å². The lowest BCUT2D eigenvalue weighted by atomic mass is 10.2. The second kappa shape index (κ2) is 7.84. The van der Waals surface area contributed by atoms with E-state index in [-0.39, 0.29) is 12.0 Å². The summed E-state index contributed by atoms with van der Waals surface area (Å²) in [5.74, 6) is 0.910. The molecule has 2 rings (SSSR count). The van der Waals surface area contributed by atoms with E-state index >= 15 is 0 Å².